The molecule has 3 aromatic carbocycles. The van der Waals surface area contributed by atoms with Gasteiger partial charge < -0.3 is 14.4 Å². The van der Waals surface area contributed by atoms with Gasteiger partial charge in [-0.3, -0.25) is 9.59 Å². The molecule has 0 bridgehead atoms. The number of alkyl halides is 3. The van der Waals surface area contributed by atoms with Crippen molar-refractivity contribution in [3.8, 4) is 11.1 Å². The minimum absolute atomic E-state index is 0.0854. The quantitative estimate of drug-likeness (QED) is 0.0856. The van der Waals surface area contributed by atoms with Crippen LogP contribution in [0.5, 0.6) is 0 Å². The Morgan fingerprint density at radius 2 is 1.53 bits per heavy atom. The van der Waals surface area contributed by atoms with Gasteiger partial charge in [0.05, 0.1) is 8.30 Å². The lowest BCUT2D eigenvalue weighted by Crippen LogP contribution is -2.40. The summed E-state index contributed by atoms with van der Waals surface area (Å²) < 4.78 is 72.8. The van der Waals surface area contributed by atoms with E-state index in [9.17, 15) is 29.9 Å². The molecule has 47 heavy (non-hydrogen) atoms. The van der Waals surface area contributed by atoms with E-state index in [2.05, 4.69) is 9.88 Å². The molecule has 0 spiro atoms. The molecule has 1 aliphatic rings. The van der Waals surface area contributed by atoms with E-state index in [1.807, 2.05) is 13.8 Å². The lowest BCUT2D eigenvalue weighted by molar-refractivity contribution is -0.137. The summed E-state index contributed by atoms with van der Waals surface area (Å²) in [4.78, 5) is 34.8. The van der Waals surface area contributed by atoms with E-state index >= 15 is 0 Å². The first kappa shape index (κ1) is 31.6. The second-order valence-corrected chi connectivity index (χ2v) is 12.3. The van der Waals surface area contributed by atoms with Crippen LogP contribution in [-0.2, 0) is 42.6 Å². The summed E-state index contributed by atoms with van der Waals surface area (Å²) in [6.07, 6.45) is -2.57. The number of fused-ring (bicyclic) bond motifs is 1. The highest BCUT2D eigenvalue weighted by Gasteiger charge is 2.30. The highest BCUT2D eigenvalue weighted by Crippen LogP contribution is 2.31. The van der Waals surface area contributed by atoms with E-state index in [1.165, 1.54) is 40.9 Å². The van der Waals surface area contributed by atoms with Crippen molar-refractivity contribution in [1.82, 2.24) is 19.4 Å². The third kappa shape index (κ3) is 8.70. The molecule has 0 N–H and O–H groups in total. The first-order valence-corrected chi connectivity index (χ1v) is 16.6. The summed E-state index contributed by atoms with van der Waals surface area (Å²) >= 11 is 1.27. The molecule has 0 atom stereocenters. The van der Waals surface area contributed by atoms with Crippen LogP contribution in [0.4, 0.5) is 17.6 Å². The predicted octanol–water partition coefficient (Wildman–Crippen LogP) is 7.22. The van der Waals surface area contributed by atoms with Crippen molar-refractivity contribution >= 4 is 17.7 Å². The molecule has 0 fully saturated rings. The zero-order chi connectivity index (χ0) is 35.3. The predicted molar refractivity (Wildman–Crippen MR) is 177 cm³/mol. The van der Waals surface area contributed by atoms with E-state index in [4.69, 9.17) is 0 Å². The van der Waals surface area contributed by atoms with E-state index in [-0.39, 0.29) is 30.0 Å². The fourth-order valence-electron chi connectivity index (χ4n) is 5.58. The molecule has 11 heteroatoms. The van der Waals surface area contributed by atoms with E-state index < -0.39 is 24.1 Å². The number of aromatic nitrogens is 2. The van der Waals surface area contributed by atoms with Gasteiger partial charge in [0.15, 0.2) is 5.16 Å². The number of amides is 1. The summed E-state index contributed by atoms with van der Waals surface area (Å²) in [5.41, 5.74) is 2.37. The van der Waals surface area contributed by atoms with Gasteiger partial charge in [0.1, 0.15) is 12.4 Å². The van der Waals surface area contributed by atoms with E-state index in [1.54, 1.807) is 41.0 Å². The highest BCUT2D eigenvalue weighted by molar-refractivity contribution is 7.98. The zero-order valence-corrected chi connectivity index (χ0v) is 27.1. The number of benzene rings is 3. The van der Waals surface area contributed by atoms with Gasteiger partial charge in [-0.2, -0.15) is 18.2 Å². The molecular formula is C36H38F4N4O2S. The van der Waals surface area contributed by atoms with Gasteiger partial charge in [0.2, 0.25) is 5.91 Å². The van der Waals surface area contributed by atoms with Gasteiger partial charge in [-0.15, -0.1) is 0 Å². The Morgan fingerprint density at radius 3 is 2.15 bits per heavy atom. The molecule has 0 unspecified atom stereocenters. The molecule has 5 rings (SSSR count). The molecule has 4 aromatic rings. The molecule has 0 radical (unpaired) electrons. The summed E-state index contributed by atoms with van der Waals surface area (Å²) in [6.45, 7) is 3.43. The molecular weight excluding hydrogens is 628 g/mol. The van der Waals surface area contributed by atoms with Crippen molar-refractivity contribution in [1.29, 1.82) is 0 Å². The number of hydrogen-bond donors (Lipinski definition) is 0. The van der Waals surface area contributed by atoms with Gasteiger partial charge in [0.25, 0.3) is 5.56 Å². The fraction of sp³-hybridized carbons (Fsp3) is 0.361. The Bertz CT molecular complexity index is 1810. The molecule has 248 valence electrons. The van der Waals surface area contributed by atoms with Crippen molar-refractivity contribution in [2.45, 2.75) is 63.2 Å². The average Bonchev–Trinajstić information content (AvgIpc) is 3.59. The van der Waals surface area contributed by atoms with Gasteiger partial charge in [-0.1, -0.05) is 74.1 Å². The highest BCUT2D eigenvalue weighted by atomic mass is 32.2. The van der Waals surface area contributed by atoms with Gasteiger partial charge in [-0.25, -0.2) is 4.39 Å². The van der Waals surface area contributed by atoms with Crippen molar-refractivity contribution in [2.75, 3.05) is 26.2 Å². The van der Waals surface area contributed by atoms with Crippen LogP contribution in [0.25, 0.3) is 11.1 Å². The molecule has 0 aliphatic heterocycles. The molecule has 0 saturated heterocycles. The van der Waals surface area contributed by atoms with Crippen LogP contribution in [0.15, 0.2) is 82.7 Å². The Hall–Kier alpha value is -3.96. The Balaban J connectivity index is 1.45. The standard InChI is InChI=1S/C36H38F4N4O2S/c1-3-42(4-2)20-21-43(22-25-8-12-27(13-9-25)28-14-16-29(17-15-28)36(38,39)40)33(45)23-44-32-7-5-6-31(32)34(46)41-35(44)47-24-26-10-18-30(37)19-11-26/h8-19H,3-7,20-24H2,1-2H3/i22D2. The number of rotatable bonds is 13. The Kier molecular flexibility index (Phi) is 10.3. The smallest absolute Gasteiger partial charge is 0.336 e. The average molecular weight is 669 g/mol. The summed E-state index contributed by atoms with van der Waals surface area (Å²) in [7, 11) is 0. The number of halogens is 4. The van der Waals surface area contributed by atoms with E-state index in [0.717, 1.165) is 29.8 Å². The lowest BCUT2D eigenvalue weighted by Gasteiger charge is -2.28. The number of likely N-dealkylation sites (N-methyl/N-ethyl adjacent to an activating group) is 1. The number of carbonyl (C=O) groups is 1. The Labute approximate surface area is 279 Å². The molecule has 6 nitrogen and oxygen atoms in total. The SMILES string of the molecule is [2H]C([2H])(c1ccc(-c2ccc(C(F)(F)F)cc2)cc1)N(CCN(CC)CC)C(=O)Cn1c(SCc2ccc(F)cc2)nc(=O)c2c1CCC2. The maximum atomic E-state index is 14.3. The molecule has 0 saturated carbocycles. The Morgan fingerprint density at radius 1 is 0.915 bits per heavy atom. The number of thioether (sulfide) groups is 1. The zero-order valence-electron chi connectivity index (χ0n) is 28.3. The normalized spacial score (nSPS) is 13.8. The van der Waals surface area contributed by atoms with Crippen LogP contribution in [0.2, 0.25) is 0 Å². The second kappa shape index (κ2) is 15.3. The number of nitrogens with zero attached hydrogens (tertiary/aromatic N) is 4. The monoisotopic (exact) mass is 668 g/mol. The molecule has 1 amide bonds. The van der Waals surface area contributed by atoms with Crippen LogP contribution in [0.1, 0.15) is 51.0 Å². The van der Waals surface area contributed by atoms with Crippen molar-refractivity contribution < 1.29 is 25.1 Å². The van der Waals surface area contributed by atoms with E-state index in [0.29, 0.717) is 60.1 Å². The summed E-state index contributed by atoms with van der Waals surface area (Å²) in [6, 6.07) is 17.1. The summed E-state index contributed by atoms with van der Waals surface area (Å²) in [5.74, 6) is -0.468. The van der Waals surface area contributed by atoms with Crippen LogP contribution < -0.4 is 5.56 Å². The van der Waals surface area contributed by atoms with Crippen LogP contribution in [0.3, 0.4) is 0 Å². The summed E-state index contributed by atoms with van der Waals surface area (Å²) in [5, 5.41) is 0.341. The number of carbonyl (C=O) groups excluding carboxylic acids is 1. The van der Waals surface area contributed by atoms with Gasteiger partial charge >= 0.3 is 6.18 Å². The minimum Gasteiger partial charge on any atom is -0.336 e. The number of hydrogen-bond acceptors (Lipinski definition) is 5. The first-order valence-electron chi connectivity index (χ1n) is 16.6. The second-order valence-electron chi connectivity index (χ2n) is 11.3. The molecule has 1 aromatic heterocycles. The van der Waals surface area contributed by atoms with Gasteiger partial charge in [0, 0.05) is 36.6 Å². The first-order chi connectivity index (χ1) is 23.3. The van der Waals surface area contributed by atoms with Crippen LogP contribution in [0, 0.1) is 5.82 Å². The van der Waals surface area contributed by atoms with Crippen molar-refractivity contribution in [3.63, 3.8) is 0 Å². The lowest BCUT2D eigenvalue weighted by atomic mass is 10.0. The third-order valence-corrected chi connectivity index (χ3v) is 9.35. The van der Waals surface area contributed by atoms with Crippen molar-refractivity contribution in [2.24, 2.45) is 0 Å². The molecule has 1 aliphatic carbocycles. The largest absolute Gasteiger partial charge is 0.416 e. The maximum Gasteiger partial charge on any atom is 0.416 e. The fourth-order valence-corrected chi connectivity index (χ4v) is 6.54. The minimum atomic E-state index is -4.45. The maximum absolute atomic E-state index is 14.3. The third-order valence-electron chi connectivity index (χ3n) is 8.31. The van der Waals surface area contributed by atoms with Crippen LogP contribution >= 0.6 is 11.8 Å². The topological polar surface area (TPSA) is 58.4 Å². The van der Waals surface area contributed by atoms with Gasteiger partial charge in [-0.05, 0) is 78.9 Å². The molecule has 1 heterocycles. The van der Waals surface area contributed by atoms with Crippen molar-refractivity contribution in [3.05, 3.63) is 117 Å². The van der Waals surface area contributed by atoms with Crippen LogP contribution in [-0.4, -0.2) is 51.4 Å².